The third kappa shape index (κ3) is 6.06. The lowest BCUT2D eigenvalue weighted by Gasteiger charge is -2.28. The van der Waals surface area contributed by atoms with Gasteiger partial charge in [0.15, 0.2) is 0 Å². The van der Waals surface area contributed by atoms with Crippen molar-refractivity contribution in [1.29, 1.82) is 0 Å². The number of hydrogen-bond donors (Lipinski definition) is 2. The van der Waals surface area contributed by atoms with E-state index in [4.69, 9.17) is 10.8 Å². The minimum Gasteiger partial charge on any atom is -0.480 e. The number of carbonyl (C=O) groups is 2. The number of amides is 1. The van der Waals surface area contributed by atoms with Gasteiger partial charge in [0.05, 0.1) is 0 Å². The Labute approximate surface area is 90.2 Å². The van der Waals surface area contributed by atoms with E-state index in [1.807, 2.05) is 0 Å². The second kappa shape index (κ2) is 5.11. The van der Waals surface area contributed by atoms with E-state index in [0.29, 0.717) is 0 Å². The fourth-order valence-electron chi connectivity index (χ4n) is 1.20. The Bertz CT molecular complexity index is 244. The third-order valence-corrected chi connectivity index (χ3v) is 1.86. The highest BCUT2D eigenvalue weighted by Gasteiger charge is 2.24. The van der Waals surface area contributed by atoms with Crippen LogP contribution in [0.25, 0.3) is 0 Å². The van der Waals surface area contributed by atoms with E-state index in [0.717, 1.165) is 0 Å². The molecule has 0 atom stereocenters. The number of nitrogens with two attached hydrogens (primary N) is 1. The van der Waals surface area contributed by atoms with Crippen molar-refractivity contribution in [2.45, 2.75) is 45.7 Å². The third-order valence-electron chi connectivity index (χ3n) is 1.86. The Balaban J connectivity index is 4.50. The van der Waals surface area contributed by atoms with Gasteiger partial charge in [-0.05, 0) is 27.7 Å². The molecule has 0 heterocycles. The number of hydrogen-bond acceptors (Lipinski definition) is 3. The maximum Gasteiger partial charge on any atom is 0.323 e. The van der Waals surface area contributed by atoms with E-state index < -0.39 is 11.5 Å². The summed E-state index contributed by atoms with van der Waals surface area (Å²) in [6.45, 7) is 6.77. The lowest BCUT2D eigenvalue weighted by atomic mass is 10.0. The predicted octanol–water partition coefficient (Wildman–Crippen LogP) is 0.435. The summed E-state index contributed by atoms with van der Waals surface area (Å²) in [5.74, 6) is -1.23. The SMILES string of the molecule is CC(C)N(CC(=O)O)C(=O)CC(C)(C)N. The first-order valence-corrected chi connectivity index (χ1v) is 4.93. The van der Waals surface area contributed by atoms with E-state index in [9.17, 15) is 9.59 Å². The molecule has 3 N–H and O–H groups in total. The van der Waals surface area contributed by atoms with E-state index in [1.54, 1.807) is 27.7 Å². The van der Waals surface area contributed by atoms with Crippen LogP contribution in [0.3, 0.4) is 0 Å². The van der Waals surface area contributed by atoms with Crippen LogP contribution in [-0.2, 0) is 9.59 Å². The van der Waals surface area contributed by atoms with Crippen molar-refractivity contribution in [1.82, 2.24) is 4.90 Å². The van der Waals surface area contributed by atoms with Crippen molar-refractivity contribution >= 4 is 11.9 Å². The number of aliphatic carboxylic acids is 1. The second-order valence-electron chi connectivity index (χ2n) is 4.67. The number of rotatable bonds is 5. The standard InChI is InChI=1S/C10H20N2O3/c1-7(2)12(6-9(14)15)8(13)5-10(3,4)11/h7H,5-6,11H2,1-4H3,(H,14,15). The van der Waals surface area contributed by atoms with Crippen LogP contribution in [0.4, 0.5) is 0 Å². The zero-order chi connectivity index (χ0) is 12.2. The summed E-state index contributed by atoms with van der Waals surface area (Å²) in [5.41, 5.74) is 5.10. The van der Waals surface area contributed by atoms with Crippen LogP contribution in [-0.4, -0.2) is 40.0 Å². The highest BCUT2D eigenvalue weighted by atomic mass is 16.4. The van der Waals surface area contributed by atoms with Crippen LogP contribution in [0.15, 0.2) is 0 Å². The molecular formula is C10H20N2O3. The van der Waals surface area contributed by atoms with Gasteiger partial charge in [0.25, 0.3) is 0 Å². The molecule has 15 heavy (non-hydrogen) atoms. The summed E-state index contributed by atoms with van der Waals surface area (Å²) >= 11 is 0. The smallest absolute Gasteiger partial charge is 0.323 e. The molecule has 0 fully saturated rings. The van der Waals surface area contributed by atoms with Gasteiger partial charge >= 0.3 is 5.97 Å². The first-order chi connectivity index (χ1) is 6.63. The van der Waals surface area contributed by atoms with Gasteiger partial charge in [0.2, 0.25) is 5.91 Å². The molecule has 0 bridgehead atoms. The van der Waals surface area contributed by atoms with Crippen molar-refractivity contribution in [3.63, 3.8) is 0 Å². The first kappa shape index (κ1) is 13.9. The molecule has 0 aliphatic rings. The molecule has 0 aromatic rings. The average Bonchev–Trinajstić information content (AvgIpc) is 1.95. The van der Waals surface area contributed by atoms with Gasteiger partial charge in [-0.15, -0.1) is 0 Å². The number of carboxylic acids is 1. The molecule has 0 saturated heterocycles. The molecule has 0 rings (SSSR count). The molecule has 0 aromatic heterocycles. The van der Waals surface area contributed by atoms with Gasteiger partial charge in [0, 0.05) is 18.0 Å². The summed E-state index contributed by atoms with van der Waals surface area (Å²) < 4.78 is 0. The fraction of sp³-hybridized carbons (Fsp3) is 0.800. The van der Waals surface area contributed by atoms with Crippen molar-refractivity contribution < 1.29 is 14.7 Å². The molecule has 0 aromatic carbocycles. The lowest BCUT2D eigenvalue weighted by molar-refractivity contribution is -0.146. The number of nitrogens with zero attached hydrogens (tertiary/aromatic N) is 1. The zero-order valence-corrected chi connectivity index (χ0v) is 9.78. The quantitative estimate of drug-likeness (QED) is 0.698. The Morgan fingerprint density at radius 1 is 1.40 bits per heavy atom. The maximum absolute atomic E-state index is 11.7. The van der Waals surface area contributed by atoms with Gasteiger partial charge in [-0.3, -0.25) is 9.59 Å². The fourth-order valence-corrected chi connectivity index (χ4v) is 1.20. The summed E-state index contributed by atoms with van der Waals surface area (Å²) in [7, 11) is 0. The van der Waals surface area contributed by atoms with Gasteiger partial charge in [-0.2, -0.15) is 0 Å². The summed E-state index contributed by atoms with van der Waals surface area (Å²) in [5, 5.41) is 8.65. The van der Waals surface area contributed by atoms with Crippen molar-refractivity contribution in [2.24, 2.45) is 5.73 Å². The summed E-state index contributed by atoms with van der Waals surface area (Å²) in [6, 6.07) is -0.129. The van der Waals surface area contributed by atoms with Crippen LogP contribution >= 0.6 is 0 Å². The zero-order valence-electron chi connectivity index (χ0n) is 9.78. The Hall–Kier alpha value is -1.10. The average molecular weight is 216 g/mol. The van der Waals surface area contributed by atoms with Gasteiger partial charge in [-0.25, -0.2) is 0 Å². The molecule has 5 nitrogen and oxygen atoms in total. The van der Waals surface area contributed by atoms with Crippen molar-refractivity contribution in [3.8, 4) is 0 Å². The minimum atomic E-state index is -1.01. The monoisotopic (exact) mass is 216 g/mol. The molecular weight excluding hydrogens is 196 g/mol. The maximum atomic E-state index is 11.7. The van der Waals surface area contributed by atoms with Crippen LogP contribution in [0.5, 0.6) is 0 Å². The predicted molar refractivity (Wildman–Crippen MR) is 57.4 cm³/mol. The van der Waals surface area contributed by atoms with E-state index in [2.05, 4.69) is 0 Å². The van der Waals surface area contributed by atoms with Gasteiger partial charge in [-0.1, -0.05) is 0 Å². The lowest BCUT2D eigenvalue weighted by Crippen LogP contribution is -2.45. The molecule has 5 heteroatoms. The second-order valence-corrected chi connectivity index (χ2v) is 4.67. The molecule has 0 saturated carbocycles. The van der Waals surface area contributed by atoms with E-state index in [-0.39, 0.29) is 24.9 Å². The van der Waals surface area contributed by atoms with Gasteiger partial charge < -0.3 is 15.7 Å². The highest BCUT2D eigenvalue weighted by Crippen LogP contribution is 2.09. The molecule has 1 amide bonds. The first-order valence-electron chi connectivity index (χ1n) is 4.93. The Morgan fingerprint density at radius 3 is 2.13 bits per heavy atom. The van der Waals surface area contributed by atoms with Crippen molar-refractivity contribution in [2.75, 3.05) is 6.54 Å². The number of carbonyl (C=O) groups excluding carboxylic acids is 1. The normalized spacial score (nSPS) is 11.6. The van der Waals surface area contributed by atoms with Crippen molar-refractivity contribution in [3.05, 3.63) is 0 Å². The van der Waals surface area contributed by atoms with E-state index in [1.165, 1.54) is 4.90 Å². The van der Waals surface area contributed by atoms with Crippen LogP contribution in [0, 0.1) is 0 Å². The van der Waals surface area contributed by atoms with Crippen LogP contribution in [0.1, 0.15) is 34.1 Å². The largest absolute Gasteiger partial charge is 0.480 e. The molecule has 88 valence electrons. The summed E-state index contributed by atoms with van der Waals surface area (Å²) in [6.07, 6.45) is 0.151. The highest BCUT2D eigenvalue weighted by molar-refractivity contribution is 5.82. The Kier molecular flexibility index (Phi) is 4.74. The molecule has 0 unspecified atom stereocenters. The topological polar surface area (TPSA) is 83.6 Å². The minimum absolute atomic E-state index is 0.129. The Morgan fingerprint density at radius 2 is 1.87 bits per heavy atom. The molecule has 0 aliphatic heterocycles. The van der Waals surface area contributed by atoms with Crippen LogP contribution in [0.2, 0.25) is 0 Å². The number of carboxylic acid groups (broad SMARTS) is 1. The van der Waals surface area contributed by atoms with Crippen LogP contribution < -0.4 is 5.73 Å². The molecule has 0 aliphatic carbocycles. The van der Waals surface area contributed by atoms with E-state index >= 15 is 0 Å². The molecule has 0 spiro atoms. The van der Waals surface area contributed by atoms with Gasteiger partial charge in [0.1, 0.15) is 6.54 Å². The molecule has 0 radical (unpaired) electrons. The summed E-state index contributed by atoms with van der Waals surface area (Å²) in [4.78, 5) is 23.6.